The summed E-state index contributed by atoms with van der Waals surface area (Å²) in [6, 6.07) is 13.2. The van der Waals surface area contributed by atoms with Crippen molar-refractivity contribution in [2.24, 2.45) is 0 Å². The van der Waals surface area contributed by atoms with Gasteiger partial charge in [0, 0.05) is 25.0 Å². The van der Waals surface area contributed by atoms with Crippen molar-refractivity contribution in [3.8, 4) is 0 Å². The Bertz CT molecular complexity index is 674. The Labute approximate surface area is 137 Å². The molecule has 0 spiro atoms. The molecule has 23 heavy (non-hydrogen) atoms. The van der Waals surface area contributed by atoms with E-state index in [1.54, 1.807) is 48.5 Å². The minimum atomic E-state index is -3.56. The minimum absolute atomic E-state index is 0.0222. The van der Waals surface area contributed by atoms with Crippen LogP contribution >= 0.6 is 0 Å². The van der Waals surface area contributed by atoms with E-state index in [4.69, 9.17) is 10.2 Å². The Morgan fingerprint density at radius 2 is 1.04 bits per heavy atom. The molecule has 0 aliphatic rings. The Kier molecular flexibility index (Phi) is 5.57. The number of benzene rings is 2. The third kappa shape index (κ3) is 3.80. The van der Waals surface area contributed by atoms with Gasteiger partial charge in [-0.2, -0.15) is 0 Å². The Balaban J connectivity index is 2.31. The Morgan fingerprint density at radius 1 is 0.739 bits per heavy atom. The van der Waals surface area contributed by atoms with E-state index < -0.39 is 9.84 Å². The van der Waals surface area contributed by atoms with E-state index in [0.29, 0.717) is 0 Å². The maximum atomic E-state index is 12.6. The van der Waals surface area contributed by atoms with Gasteiger partial charge in [-0.1, -0.05) is 38.1 Å². The molecule has 2 N–H and O–H groups in total. The van der Waals surface area contributed by atoms with E-state index >= 15 is 0 Å². The highest BCUT2D eigenvalue weighted by molar-refractivity contribution is 7.91. The number of sulfone groups is 1. The average Bonchev–Trinajstić information content (AvgIpc) is 2.60. The topological polar surface area (TPSA) is 74.6 Å². The standard InChI is InChI=1S/C18H22O4S/c1-13(11-19)15-3-7-17(8-4-15)23(21,22)18-9-5-16(6-10-18)14(2)12-20/h3-10,13-14,19-20H,11-12H2,1-2H3. The van der Waals surface area contributed by atoms with Gasteiger partial charge in [-0.3, -0.25) is 0 Å². The zero-order valence-electron chi connectivity index (χ0n) is 13.3. The SMILES string of the molecule is CC(CO)c1ccc(S(=O)(=O)c2ccc(C(C)CO)cc2)cc1. The molecule has 0 aliphatic carbocycles. The Morgan fingerprint density at radius 3 is 1.30 bits per heavy atom. The van der Waals surface area contributed by atoms with Crippen LogP contribution in [-0.2, 0) is 9.84 Å². The van der Waals surface area contributed by atoms with Crippen LogP contribution in [0.4, 0.5) is 0 Å². The molecule has 124 valence electrons. The lowest BCUT2D eigenvalue weighted by molar-refractivity contribution is 0.273. The average molecular weight is 334 g/mol. The molecule has 2 unspecified atom stereocenters. The summed E-state index contributed by atoms with van der Waals surface area (Å²) in [5, 5.41) is 18.3. The predicted octanol–water partition coefficient (Wildman–Crippen LogP) is 2.71. The van der Waals surface area contributed by atoms with E-state index in [1.807, 2.05) is 13.8 Å². The molecular formula is C18H22O4S. The summed E-state index contributed by atoms with van der Waals surface area (Å²) < 4.78 is 25.3. The number of hydrogen-bond donors (Lipinski definition) is 2. The fraction of sp³-hybridized carbons (Fsp3) is 0.333. The number of aliphatic hydroxyl groups excluding tert-OH is 2. The van der Waals surface area contributed by atoms with E-state index in [9.17, 15) is 8.42 Å². The summed E-state index contributed by atoms with van der Waals surface area (Å²) in [5.74, 6) is -0.0444. The van der Waals surface area contributed by atoms with Crippen molar-refractivity contribution >= 4 is 9.84 Å². The van der Waals surface area contributed by atoms with Gasteiger partial charge in [0.25, 0.3) is 0 Å². The summed E-state index contributed by atoms with van der Waals surface area (Å²) in [6.07, 6.45) is 0. The van der Waals surface area contributed by atoms with Crippen LogP contribution in [0.25, 0.3) is 0 Å². The lowest BCUT2D eigenvalue weighted by atomic mass is 10.0. The van der Waals surface area contributed by atoms with Crippen LogP contribution in [0, 0.1) is 0 Å². The molecule has 2 atom stereocenters. The van der Waals surface area contributed by atoms with Crippen LogP contribution < -0.4 is 0 Å². The predicted molar refractivity (Wildman–Crippen MR) is 89.3 cm³/mol. The van der Waals surface area contributed by atoms with Gasteiger partial charge in [0.05, 0.1) is 9.79 Å². The van der Waals surface area contributed by atoms with Gasteiger partial charge in [0.1, 0.15) is 0 Å². The van der Waals surface area contributed by atoms with Crippen LogP contribution in [0.2, 0.25) is 0 Å². The molecule has 0 saturated heterocycles. The second-order valence-corrected chi connectivity index (χ2v) is 7.76. The fourth-order valence-electron chi connectivity index (χ4n) is 2.30. The van der Waals surface area contributed by atoms with Crippen molar-refractivity contribution in [1.82, 2.24) is 0 Å². The molecular weight excluding hydrogens is 312 g/mol. The molecule has 0 amide bonds. The molecule has 0 heterocycles. The molecule has 5 heteroatoms. The van der Waals surface area contributed by atoms with Gasteiger partial charge in [-0.25, -0.2) is 8.42 Å². The van der Waals surface area contributed by atoms with E-state index in [2.05, 4.69) is 0 Å². The summed E-state index contributed by atoms with van der Waals surface area (Å²) in [4.78, 5) is 0.462. The molecule has 2 aromatic rings. The molecule has 0 bridgehead atoms. The molecule has 2 rings (SSSR count). The summed E-state index contributed by atoms with van der Waals surface area (Å²) in [6.45, 7) is 3.81. The molecule has 2 aromatic carbocycles. The van der Waals surface area contributed by atoms with E-state index in [-0.39, 0.29) is 34.8 Å². The maximum absolute atomic E-state index is 12.6. The number of aliphatic hydroxyl groups is 2. The number of rotatable bonds is 6. The monoisotopic (exact) mass is 334 g/mol. The van der Waals surface area contributed by atoms with Crippen LogP contribution in [0.15, 0.2) is 58.3 Å². The zero-order chi connectivity index (χ0) is 17.0. The van der Waals surface area contributed by atoms with Crippen molar-refractivity contribution in [2.45, 2.75) is 35.5 Å². The van der Waals surface area contributed by atoms with Crippen molar-refractivity contribution in [3.05, 3.63) is 59.7 Å². The van der Waals surface area contributed by atoms with Crippen LogP contribution in [0.1, 0.15) is 36.8 Å². The van der Waals surface area contributed by atoms with Crippen LogP contribution in [0.3, 0.4) is 0 Å². The third-order valence-corrected chi connectivity index (χ3v) is 5.85. The first kappa shape index (κ1) is 17.7. The number of hydrogen-bond acceptors (Lipinski definition) is 4. The highest BCUT2D eigenvalue weighted by Gasteiger charge is 2.18. The highest BCUT2D eigenvalue weighted by atomic mass is 32.2. The lowest BCUT2D eigenvalue weighted by Crippen LogP contribution is -2.05. The van der Waals surface area contributed by atoms with Crippen LogP contribution in [-0.4, -0.2) is 31.8 Å². The summed E-state index contributed by atoms with van der Waals surface area (Å²) >= 11 is 0. The summed E-state index contributed by atoms with van der Waals surface area (Å²) in [5.41, 5.74) is 1.80. The Hall–Kier alpha value is -1.69. The second-order valence-electron chi connectivity index (χ2n) is 5.81. The first-order chi connectivity index (χ1) is 10.9. The minimum Gasteiger partial charge on any atom is -0.396 e. The lowest BCUT2D eigenvalue weighted by Gasteiger charge is -2.11. The molecule has 0 aliphatic heterocycles. The first-order valence-electron chi connectivity index (χ1n) is 7.57. The van der Waals surface area contributed by atoms with Gasteiger partial charge < -0.3 is 10.2 Å². The highest BCUT2D eigenvalue weighted by Crippen LogP contribution is 2.25. The van der Waals surface area contributed by atoms with Gasteiger partial charge in [0.15, 0.2) is 0 Å². The van der Waals surface area contributed by atoms with Crippen molar-refractivity contribution in [1.29, 1.82) is 0 Å². The van der Waals surface area contributed by atoms with Gasteiger partial charge >= 0.3 is 0 Å². The normalized spacial score (nSPS) is 14.4. The molecule has 0 radical (unpaired) electrons. The van der Waals surface area contributed by atoms with Crippen molar-refractivity contribution < 1.29 is 18.6 Å². The summed E-state index contributed by atoms with van der Waals surface area (Å²) in [7, 11) is -3.56. The molecule has 4 nitrogen and oxygen atoms in total. The first-order valence-corrected chi connectivity index (χ1v) is 9.05. The quantitative estimate of drug-likeness (QED) is 0.852. The molecule has 0 aromatic heterocycles. The van der Waals surface area contributed by atoms with Crippen LogP contribution in [0.5, 0.6) is 0 Å². The smallest absolute Gasteiger partial charge is 0.206 e. The van der Waals surface area contributed by atoms with Gasteiger partial charge in [-0.15, -0.1) is 0 Å². The zero-order valence-corrected chi connectivity index (χ0v) is 14.1. The second kappa shape index (κ2) is 7.25. The largest absolute Gasteiger partial charge is 0.396 e. The van der Waals surface area contributed by atoms with Crippen molar-refractivity contribution in [2.75, 3.05) is 13.2 Å². The molecule has 0 saturated carbocycles. The fourth-order valence-corrected chi connectivity index (χ4v) is 3.56. The van der Waals surface area contributed by atoms with Gasteiger partial charge in [0.2, 0.25) is 9.84 Å². The molecule has 0 fully saturated rings. The van der Waals surface area contributed by atoms with E-state index in [0.717, 1.165) is 11.1 Å². The van der Waals surface area contributed by atoms with Gasteiger partial charge in [-0.05, 0) is 35.4 Å². The van der Waals surface area contributed by atoms with E-state index in [1.165, 1.54) is 0 Å². The third-order valence-electron chi connectivity index (χ3n) is 4.07. The van der Waals surface area contributed by atoms with Crippen molar-refractivity contribution in [3.63, 3.8) is 0 Å². The maximum Gasteiger partial charge on any atom is 0.206 e.